The van der Waals surface area contributed by atoms with Crippen LogP contribution in [0.15, 0.2) is 78.9 Å². The molecule has 0 atom stereocenters. The smallest absolute Gasteiger partial charge is 0.205 e. The van der Waals surface area contributed by atoms with Gasteiger partial charge in [-0.05, 0) is 48.9 Å². The summed E-state index contributed by atoms with van der Waals surface area (Å²) in [6, 6.07) is 25.0. The second-order valence-corrected chi connectivity index (χ2v) is 7.61. The monoisotopic (exact) mass is 400 g/mol. The maximum atomic E-state index is 13.3. The van der Waals surface area contributed by atoms with Gasteiger partial charge in [0.25, 0.3) is 0 Å². The third-order valence-corrected chi connectivity index (χ3v) is 5.47. The van der Waals surface area contributed by atoms with E-state index in [1.807, 2.05) is 55.5 Å². The molecule has 0 saturated heterocycles. The Balaban J connectivity index is 1.74. The summed E-state index contributed by atoms with van der Waals surface area (Å²) in [5.41, 5.74) is 4.31. The number of anilines is 2. The number of methoxy groups -OCH3 is 1. The van der Waals surface area contributed by atoms with Gasteiger partial charge >= 0.3 is 0 Å². The van der Waals surface area contributed by atoms with Crippen LogP contribution in [0.2, 0.25) is 0 Å². The molecule has 0 radical (unpaired) electrons. The number of aromatic nitrogens is 1. The number of hydrogen-bond donors (Lipinski definition) is 1. The molecule has 144 valence electrons. The van der Waals surface area contributed by atoms with Gasteiger partial charge in [-0.1, -0.05) is 53.8 Å². The molecule has 3 aromatic carbocycles. The number of thiazole rings is 1. The van der Waals surface area contributed by atoms with Crippen LogP contribution in [-0.4, -0.2) is 17.9 Å². The van der Waals surface area contributed by atoms with Crippen molar-refractivity contribution in [2.45, 2.75) is 6.92 Å². The lowest BCUT2D eigenvalue weighted by atomic mass is 10.1. The third-order valence-electron chi connectivity index (χ3n) is 4.50. The molecular formula is C24H20N2O2S. The zero-order valence-corrected chi connectivity index (χ0v) is 17.0. The topological polar surface area (TPSA) is 51.2 Å². The zero-order valence-electron chi connectivity index (χ0n) is 16.2. The highest BCUT2D eigenvalue weighted by Crippen LogP contribution is 2.34. The van der Waals surface area contributed by atoms with Crippen molar-refractivity contribution in [2.75, 3.05) is 12.4 Å². The molecule has 5 heteroatoms. The number of ketones is 1. The minimum absolute atomic E-state index is 0.0544. The van der Waals surface area contributed by atoms with E-state index in [9.17, 15) is 4.79 Å². The predicted molar refractivity (Wildman–Crippen MR) is 118 cm³/mol. The van der Waals surface area contributed by atoms with Crippen LogP contribution >= 0.6 is 11.3 Å². The molecule has 4 rings (SSSR count). The first-order valence-electron chi connectivity index (χ1n) is 9.23. The molecule has 1 aromatic heterocycles. The summed E-state index contributed by atoms with van der Waals surface area (Å²) in [5.74, 6) is 0.664. The highest BCUT2D eigenvalue weighted by Gasteiger charge is 2.21. The summed E-state index contributed by atoms with van der Waals surface area (Å²) in [7, 11) is 1.61. The predicted octanol–water partition coefficient (Wildman–Crippen LogP) is 6.10. The van der Waals surface area contributed by atoms with E-state index in [2.05, 4.69) is 11.4 Å². The van der Waals surface area contributed by atoms with Crippen LogP contribution in [0.3, 0.4) is 0 Å². The second kappa shape index (κ2) is 8.29. The standard InChI is InChI=1S/C24H20N2O2S/c1-16-7-6-10-19(15-16)25-24-26-21(17-8-4-3-5-9-17)23(29-24)22(27)18-11-13-20(28-2)14-12-18/h3-15H,1-2H3,(H,25,26). The molecule has 4 nitrogen and oxygen atoms in total. The van der Waals surface area contributed by atoms with Crippen LogP contribution in [0.4, 0.5) is 10.8 Å². The van der Waals surface area contributed by atoms with E-state index in [1.165, 1.54) is 11.3 Å². The summed E-state index contributed by atoms with van der Waals surface area (Å²) in [6.45, 7) is 2.04. The Morgan fingerprint density at radius 2 is 1.72 bits per heavy atom. The number of hydrogen-bond acceptors (Lipinski definition) is 5. The van der Waals surface area contributed by atoms with Crippen LogP contribution < -0.4 is 10.1 Å². The van der Waals surface area contributed by atoms with Crippen LogP contribution in [-0.2, 0) is 0 Å². The van der Waals surface area contributed by atoms with Crippen molar-refractivity contribution in [1.82, 2.24) is 4.98 Å². The van der Waals surface area contributed by atoms with Crippen molar-refractivity contribution in [2.24, 2.45) is 0 Å². The molecule has 0 saturated carbocycles. The Morgan fingerprint density at radius 1 is 0.966 bits per heavy atom. The first-order chi connectivity index (χ1) is 14.1. The Bertz CT molecular complexity index is 1140. The Morgan fingerprint density at radius 3 is 2.41 bits per heavy atom. The molecule has 0 aliphatic rings. The van der Waals surface area contributed by atoms with Gasteiger partial charge in [-0.2, -0.15) is 0 Å². The van der Waals surface area contributed by atoms with Gasteiger partial charge in [0.2, 0.25) is 5.78 Å². The molecule has 0 aliphatic heterocycles. The number of nitrogens with zero attached hydrogens (tertiary/aromatic N) is 1. The average Bonchev–Trinajstić information content (AvgIpc) is 3.17. The van der Waals surface area contributed by atoms with E-state index >= 15 is 0 Å². The number of carbonyl (C=O) groups excluding carboxylic acids is 1. The third kappa shape index (κ3) is 4.20. The minimum atomic E-state index is -0.0544. The van der Waals surface area contributed by atoms with E-state index < -0.39 is 0 Å². The molecule has 0 amide bonds. The van der Waals surface area contributed by atoms with Crippen molar-refractivity contribution >= 4 is 27.9 Å². The number of rotatable bonds is 6. The van der Waals surface area contributed by atoms with Gasteiger partial charge in [-0.15, -0.1) is 0 Å². The van der Waals surface area contributed by atoms with Gasteiger partial charge in [-0.3, -0.25) is 4.79 Å². The normalized spacial score (nSPS) is 10.6. The van der Waals surface area contributed by atoms with E-state index in [-0.39, 0.29) is 5.78 Å². The number of carbonyl (C=O) groups is 1. The SMILES string of the molecule is COc1ccc(C(=O)c2sc(Nc3cccc(C)c3)nc2-c2ccccc2)cc1. The summed E-state index contributed by atoms with van der Waals surface area (Å²) in [6.07, 6.45) is 0. The van der Waals surface area contributed by atoms with Gasteiger partial charge in [0.05, 0.1) is 12.8 Å². The quantitative estimate of drug-likeness (QED) is 0.397. The minimum Gasteiger partial charge on any atom is -0.497 e. The van der Waals surface area contributed by atoms with E-state index in [0.29, 0.717) is 21.3 Å². The summed E-state index contributed by atoms with van der Waals surface area (Å²) in [5, 5.41) is 4.02. The first-order valence-corrected chi connectivity index (χ1v) is 10.0. The fourth-order valence-electron chi connectivity index (χ4n) is 3.04. The van der Waals surface area contributed by atoms with Crippen molar-refractivity contribution < 1.29 is 9.53 Å². The Kier molecular flexibility index (Phi) is 5.40. The zero-order chi connectivity index (χ0) is 20.2. The fraction of sp³-hybridized carbons (Fsp3) is 0.0833. The largest absolute Gasteiger partial charge is 0.497 e. The summed E-state index contributed by atoms with van der Waals surface area (Å²) in [4.78, 5) is 18.6. The van der Waals surface area contributed by atoms with E-state index in [0.717, 1.165) is 22.6 Å². The number of nitrogens with one attached hydrogen (secondary N) is 1. The molecular weight excluding hydrogens is 380 g/mol. The molecule has 0 spiro atoms. The van der Waals surface area contributed by atoms with Crippen molar-refractivity contribution in [3.8, 4) is 17.0 Å². The number of benzene rings is 3. The lowest BCUT2D eigenvalue weighted by Gasteiger charge is -2.03. The average molecular weight is 401 g/mol. The summed E-state index contributed by atoms with van der Waals surface area (Å²) < 4.78 is 5.20. The van der Waals surface area contributed by atoms with Gasteiger partial charge in [0.1, 0.15) is 10.6 Å². The lowest BCUT2D eigenvalue weighted by molar-refractivity contribution is 0.104. The van der Waals surface area contributed by atoms with Crippen LogP contribution in [0.1, 0.15) is 20.8 Å². The molecule has 1 N–H and O–H groups in total. The van der Waals surface area contributed by atoms with Crippen LogP contribution in [0.25, 0.3) is 11.3 Å². The van der Waals surface area contributed by atoms with Crippen LogP contribution in [0.5, 0.6) is 5.75 Å². The van der Waals surface area contributed by atoms with E-state index in [1.54, 1.807) is 31.4 Å². The molecule has 1 heterocycles. The molecule has 0 aliphatic carbocycles. The van der Waals surface area contributed by atoms with Gasteiger partial charge in [0.15, 0.2) is 5.13 Å². The van der Waals surface area contributed by atoms with Crippen molar-refractivity contribution in [3.05, 3.63) is 94.9 Å². The first kappa shape index (κ1) is 18.9. The Hall–Kier alpha value is -3.44. The number of aryl methyl sites for hydroxylation is 1. The molecule has 29 heavy (non-hydrogen) atoms. The molecule has 0 fully saturated rings. The van der Waals surface area contributed by atoms with Crippen LogP contribution in [0, 0.1) is 6.92 Å². The molecule has 4 aromatic rings. The molecule has 0 unspecified atom stereocenters. The van der Waals surface area contributed by atoms with Gasteiger partial charge in [-0.25, -0.2) is 4.98 Å². The molecule has 0 bridgehead atoms. The highest BCUT2D eigenvalue weighted by atomic mass is 32.1. The number of ether oxygens (including phenoxy) is 1. The van der Waals surface area contributed by atoms with Gasteiger partial charge in [0, 0.05) is 16.8 Å². The fourth-order valence-corrected chi connectivity index (χ4v) is 4.01. The maximum Gasteiger partial charge on any atom is 0.205 e. The Labute approximate surface area is 173 Å². The van der Waals surface area contributed by atoms with E-state index in [4.69, 9.17) is 9.72 Å². The van der Waals surface area contributed by atoms with Crippen molar-refractivity contribution in [3.63, 3.8) is 0 Å². The summed E-state index contributed by atoms with van der Waals surface area (Å²) >= 11 is 1.36. The highest BCUT2D eigenvalue weighted by molar-refractivity contribution is 7.18. The second-order valence-electron chi connectivity index (χ2n) is 6.61. The van der Waals surface area contributed by atoms with Crippen molar-refractivity contribution in [1.29, 1.82) is 0 Å². The maximum absolute atomic E-state index is 13.3. The van der Waals surface area contributed by atoms with Gasteiger partial charge < -0.3 is 10.1 Å². The lowest BCUT2D eigenvalue weighted by Crippen LogP contribution is -2.01.